The van der Waals surface area contributed by atoms with Crippen molar-refractivity contribution >= 4 is 5.78 Å². The first-order valence-electron chi connectivity index (χ1n) is 5.72. The Morgan fingerprint density at radius 2 is 2.26 bits per heavy atom. The summed E-state index contributed by atoms with van der Waals surface area (Å²) in [5.74, 6) is -1.06. The zero-order valence-corrected chi connectivity index (χ0v) is 10.3. The van der Waals surface area contributed by atoms with Crippen molar-refractivity contribution in [3.05, 3.63) is 59.4 Å². The van der Waals surface area contributed by atoms with Crippen LogP contribution in [0.25, 0.3) is 0 Å². The number of dihydropyridines is 1. The Hall–Kier alpha value is -2.61. The van der Waals surface area contributed by atoms with Crippen molar-refractivity contribution in [2.75, 3.05) is 7.05 Å². The number of halogens is 1. The molecule has 1 aliphatic carbocycles. The first kappa shape index (κ1) is 12.8. The van der Waals surface area contributed by atoms with E-state index in [1.165, 1.54) is 18.4 Å². The molecule has 1 aliphatic heterocycles. The number of hydrogen-bond donors (Lipinski definition) is 2. The lowest BCUT2D eigenvalue weighted by Crippen LogP contribution is -2.25. The fourth-order valence-electron chi connectivity index (χ4n) is 1.86. The Balaban J connectivity index is 2.29. The first-order chi connectivity index (χ1) is 9.13. The highest BCUT2D eigenvalue weighted by Crippen LogP contribution is 2.23. The zero-order valence-electron chi connectivity index (χ0n) is 10.3. The summed E-state index contributed by atoms with van der Waals surface area (Å²) in [5, 5.41) is 14.5. The molecule has 1 unspecified atom stereocenters. The highest BCUT2D eigenvalue weighted by molar-refractivity contribution is 6.10. The molecule has 0 saturated carbocycles. The van der Waals surface area contributed by atoms with E-state index in [2.05, 4.69) is 10.6 Å². The lowest BCUT2D eigenvalue weighted by atomic mass is 9.99. The van der Waals surface area contributed by atoms with Gasteiger partial charge in [0.1, 0.15) is 17.5 Å². The predicted octanol–water partition coefficient (Wildman–Crippen LogP) is 1.59. The van der Waals surface area contributed by atoms with Gasteiger partial charge < -0.3 is 10.6 Å². The molecule has 0 radical (unpaired) electrons. The summed E-state index contributed by atoms with van der Waals surface area (Å²) in [6.45, 7) is 0. The van der Waals surface area contributed by atoms with Crippen LogP contribution < -0.4 is 10.6 Å². The maximum Gasteiger partial charge on any atom is 0.220 e. The van der Waals surface area contributed by atoms with Crippen LogP contribution in [0.2, 0.25) is 0 Å². The normalized spacial score (nSPS) is 21.2. The molecule has 1 atom stereocenters. The topological polar surface area (TPSA) is 64.9 Å². The molecule has 0 aromatic rings. The second-order valence-electron chi connectivity index (χ2n) is 4.08. The van der Waals surface area contributed by atoms with Crippen LogP contribution in [0.1, 0.15) is 0 Å². The molecule has 2 aliphatic rings. The SMILES string of the molecule is CN/C=C(\C#N)C(=O)C1=CC2C=C(F)C=CC(=C2)N1. The summed E-state index contributed by atoms with van der Waals surface area (Å²) in [7, 11) is 1.61. The van der Waals surface area contributed by atoms with Crippen molar-refractivity contribution in [1.29, 1.82) is 5.26 Å². The molecule has 0 fully saturated rings. The van der Waals surface area contributed by atoms with Gasteiger partial charge in [-0.1, -0.05) is 6.08 Å². The van der Waals surface area contributed by atoms with Gasteiger partial charge in [-0.2, -0.15) is 5.26 Å². The van der Waals surface area contributed by atoms with Crippen molar-refractivity contribution in [3.8, 4) is 6.07 Å². The van der Waals surface area contributed by atoms with Crippen molar-refractivity contribution < 1.29 is 9.18 Å². The maximum atomic E-state index is 13.3. The van der Waals surface area contributed by atoms with Gasteiger partial charge in [-0.25, -0.2) is 4.39 Å². The van der Waals surface area contributed by atoms with E-state index in [0.717, 1.165) is 0 Å². The summed E-state index contributed by atoms with van der Waals surface area (Å²) in [6, 6.07) is 1.83. The lowest BCUT2D eigenvalue weighted by molar-refractivity contribution is -0.112. The highest BCUT2D eigenvalue weighted by Gasteiger charge is 2.21. The maximum absolute atomic E-state index is 13.3. The number of nitriles is 1. The standard InChI is InChI=1S/C14H12FN3O/c1-17-8-10(7-16)14(19)13-6-9-4-11(15)2-3-12(5-9)18-13/h2-6,8-9,17-18H,1H3/b10-8+. The fraction of sp³-hybridized carbons (Fsp3) is 0.143. The third-order valence-electron chi connectivity index (χ3n) is 2.68. The van der Waals surface area contributed by atoms with E-state index in [4.69, 9.17) is 5.26 Å². The van der Waals surface area contributed by atoms with Crippen LogP contribution in [0.5, 0.6) is 0 Å². The van der Waals surface area contributed by atoms with Crippen LogP contribution in [0.15, 0.2) is 59.4 Å². The monoisotopic (exact) mass is 257 g/mol. The van der Waals surface area contributed by atoms with Gasteiger partial charge in [-0.05, 0) is 24.3 Å². The van der Waals surface area contributed by atoms with Gasteiger partial charge in [0.15, 0.2) is 0 Å². The van der Waals surface area contributed by atoms with Crippen LogP contribution in [-0.4, -0.2) is 12.8 Å². The Labute approximate surface area is 110 Å². The summed E-state index contributed by atoms with van der Waals surface area (Å²) < 4.78 is 13.3. The minimum atomic E-state index is -0.420. The van der Waals surface area contributed by atoms with Crippen molar-refractivity contribution in [3.63, 3.8) is 0 Å². The highest BCUT2D eigenvalue weighted by atomic mass is 19.1. The van der Waals surface area contributed by atoms with Gasteiger partial charge in [0.05, 0.1) is 5.70 Å². The van der Waals surface area contributed by atoms with Crippen LogP contribution >= 0.6 is 0 Å². The Morgan fingerprint density at radius 1 is 1.47 bits per heavy atom. The van der Waals surface area contributed by atoms with Crippen molar-refractivity contribution in [2.45, 2.75) is 0 Å². The number of allylic oxidation sites excluding steroid dienone is 7. The van der Waals surface area contributed by atoms with E-state index in [9.17, 15) is 9.18 Å². The average molecular weight is 257 g/mol. The molecule has 96 valence electrons. The third kappa shape index (κ3) is 2.80. The Morgan fingerprint density at radius 3 is 2.95 bits per heavy atom. The van der Waals surface area contributed by atoms with E-state index >= 15 is 0 Å². The molecule has 4 nitrogen and oxygen atoms in total. The number of carbonyl (C=O) groups is 1. The molecule has 1 heterocycles. The molecule has 0 aromatic heterocycles. The third-order valence-corrected chi connectivity index (χ3v) is 2.68. The zero-order chi connectivity index (χ0) is 13.8. The van der Waals surface area contributed by atoms with Gasteiger partial charge in [-0.3, -0.25) is 4.79 Å². The second kappa shape index (κ2) is 5.36. The van der Waals surface area contributed by atoms with Gasteiger partial charge in [-0.15, -0.1) is 0 Å². The number of ketones is 1. The molecule has 2 N–H and O–H groups in total. The quantitative estimate of drug-likeness (QED) is 0.595. The molecule has 5 heteroatoms. The van der Waals surface area contributed by atoms with Crippen molar-refractivity contribution in [2.24, 2.45) is 5.92 Å². The molecule has 0 aromatic carbocycles. The number of nitrogens with zero attached hydrogens (tertiary/aromatic N) is 1. The van der Waals surface area contributed by atoms with E-state index in [1.807, 2.05) is 6.07 Å². The largest absolute Gasteiger partial charge is 0.393 e. The minimum absolute atomic E-state index is 0.00562. The molecule has 2 rings (SSSR count). The number of hydrogen-bond acceptors (Lipinski definition) is 4. The number of carbonyl (C=O) groups excluding carboxylic acids is 1. The van der Waals surface area contributed by atoms with Gasteiger partial charge >= 0.3 is 0 Å². The molecular weight excluding hydrogens is 245 g/mol. The summed E-state index contributed by atoms with van der Waals surface area (Å²) >= 11 is 0. The predicted molar refractivity (Wildman–Crippen MR) is 68.9 cm³/mol. The van der Waals surface area contributed by atoms with Gasteiger partial charge in [0.2, 0.25) is 5.78 Å². The van der Waals surface area contributed by atoms with E-state index in [-0.39, 0.29) is 23.0 Å². The van der Waals surface area contributed by atoms with E-state index in [1.54, 1.807) is 25.3 Å². The van der Waals surface area contributed by atoms with Gasteiger partial charge in [0.25, 0.3) is 0 Å². The smallest absolute Gasteiger partial charge is 0.220 e. The van der Waals surface area contributed by atoms with Crippen LogP contribution in [0, 0.1) is 17.2 Å². The molecule has 0 saturated heterocycles. The second-order valence-corrected chi connectivity index (χ2v) is 4.08. The molecule has 2 bridgehead atoms. The molecule has 0 spiro atoms. The first-order valence-corrected chi connectivity index (χ1v) is 5.72. The molecular formula is C14H12FN3O. The number of fused-ring (bicyclic) bond motifs is 1. The Kier molecular flexibility index (Phi) is 3.62. The van der Waals surface area contributed by atoms with Gasteiger partial charge in [0, 0.05) is 24.9 Å². The van der Waals surface area contributed by atoms with Crippen molar-refractivity contribution in [1.82, 2.24) is 10.6 Å². The van der Waals surface area contributed by atoms with E-state index < -0.39 is 5.78 Å². The van der Waals surface area contributed by atoms with Crippen LogP contribution in [0.3, 0.4) is 0 Å². The number of Topliss-reactive ketones (excluding diaryl/α,β-unsaturated/α-hetero) is 1. The number of nitrogens with one attached hydrogen (secondary N) is 2. The average Bonchev–Trinajstić information content (AvgIpc) is 2.53. The van der Waals surface area contributed by atoms with Crippen LogP contribution in [-0.2, 0) is 4.79 Å². The minimum Gasteiger partial charge on any atom is -0.393 e. The molecule has 19 heavy (non-hydrogen) atoms. The summed E-state index contributed by atoms with van der Waals surface area (Å²) in [4.78, 5) is 12.1. The van der Waals surface area contributed by atoms with E-state index in [0.29, 0.717) is 5.70 Å². The molecule has 0 amide bonds. The summed E-state index contributed by atoms with van der Waals surface area (Å²) in [6.07, 6.45) is 9.02. The summed E-state index contributed by atoms with van der Waals surface area (Å²) in [5.41, 5.74) is 0.913. The number of rotatable bonds is 3. The fourth-order valence-corrected chi connectivity index (χ4v) is 1.86. The lowest BCUT2D eigenvalue weighted by Gasteiger charge is -2.17. The Bertz CT molecular complexity index is 601. The van der Waals surface area contributed by atoms with Crippen LogP contribution in [0.4, 0.5) is 4.39 Å².